The lowest BCUT2D eigenvalue weighted by atomic mass is 10.1. The van der Waals surface area contributed by atoms with Gasteiger partial charge in [0.15, 0.2) is 6.61 Å². The third-order valence-electron chi connectivity index (χ3n) is 4.58. The molecule has 1 saturated carbocycles. The van der Waals surface area contributed by atoms with Crippen LogP contribution >= 0.6 is 12.4 Å². The van der Waals surface area contributed by atoms with Gasteiger partial charge in [0.2, 0.25) is 5.91 Å². The lowest BCUT2D eigenvalue weighted by molar-refractivity contribution is -0.123. The van der Waals surface area contributed by atoms with Crippen LogP contribution in [-0.4, -0.2) is 37.0 Å². The Hall–Kier alpha value is -2.57. The molecule has 2 aromatic rings. The maximum atomic E-state index is 12.1. The van der Waals surface area contributed by atoms with Gasteiger partial charge in [0, 0.05) is 12.6 Å². The van der Waals surface area contributed by atoms with Crippen molar-refractivity contribution in [2.75, 3.05) is 13.2 Å². The van der Waals surface area contributed by atoms with Gasteiger partial charge < -0.3 is 21.1 Å². The maximum Gasteiger partial charge on any atom is 0.258 e. The molecular formula is C22H28ClN3O3. The summed E-state index contributed by atoms with van der Waals surface area (Å²) in [5, 5.41) is 5.77. The van der Waals surface area contributed by atoms with Gasteiger partial charge in [0.25, 0.3) is 5.91 Å². The van der Waals surface area contributed by atoms with Crippen molar-refractivity contribution in [3.05, 3.63) is 65.7 Å². The Labute approximate surface area is 177 Å². The van der Waals surface area contributed by atoms with Crippen molar-refractivity contribution in [2.45, 2.75) is 37.8 Å². The van der Waals surface area contributed by atoms with Crippen molar-refractivity contribution in [3.8, 4) is 5.75 Å². The topological polar surface area (TPSA) is 93.5 Å². The molecule has 0 spiro atoms. The molecule has 4 N–H and O–H groups in total. The second-order valence-electron chi connectivity index (χ2n) is 7.11. The van der Waals surface area contributed by atoms with E-state index in [1.807, 2.05) is 54.6 Å². The van der Waals surface area contributed by atoms with Crippen LogP contribution in [0.2, 0.25) is 0 Å². The van der Waals surface area contributed by atoms with E-state index in [2.05, 4.69) is 10.6 Å². The van der Waals surface area contributed by atoms with E-state index in [1.54, 1.807) is 0 Å². The summed E-state index contributed by atoms with van der Waals surface area (Å²) in [6, 6.07) is 17.1. The van der Waals surface area contributed by atoms with Gasteiger partial charge in [0.1, 0.15) is 5.75 Å². The van der Waals surface area contributed by atoms with Crippen molar-refractivity contribution >= 4 is 24.2 Å². The molecule has 0 aliphatic heterocycles. The Balaban J connectivity index is 0.00000300. The number of amides is 2. The van der Waals surface area contributed by atoms with Gasteiger partial charge in [-0.2, -0.15) is 0 Å². The molecule has 2 aromatic carbocycles. The third kappa shape index (κ3) is 8.13. The van der Waals surface area contributed by atoms with Gasteiger partial charge in [-0.1, -0.05) is 42.5 Å². The van der Waals surface area contributed by atoms with Crippen molar-refractivity contribution in [1.82, 2.24) is 10.6 Å². The minimum absolute atomic E-state index is 0. The molecule has 0 heterocycles. The second kappa shape index (κ2) is 11.4. The first kappa shape index (κ1) is 22.7. The zero-order valence-electron chi connectivity index (χ0n) is 16.3. The Morgan fingerprint density at radius 1 is 1.03 bits per heavy atom. The van der Waals surface area contributed by atoms with Crippen LogP contribution in [0.15, 0.2) is 54.6 Å². The molecule has 0 aromatic heterocycles. The lowest BCUT2D eigenvalue weighted by Gasteiger charge is -2.12. The zero-order valence-corrected chi connectivity index (χ0v) is 17.1. The van der Waals surface area contributed by atoms with E-state index in [4.69, 9.17) is 10.5 Å². The number of benzene rings is 2. The molecule has 7 heteroatoms. The smallest absolute Gasteiger partial charge is 0.258 e. The fourth-order valence-electron chi connectivity index (χ4n) is 2.82. The number of hydrogen-bond donors (Lipinski definition) is 3. The van der Waals surface area contributed by atoms with E-state index in [0.29, 0.717) is 31.2 Å². The van der Waals surface area contributed by atoms with Gasteiger partial charge in [-0.25, -0.2) is 0 Å². The summed E-state index contributed by atoms with van der Waals surface area (Å²) in [6.07, 6.45) is 3.35. The molecular weight excluding hydrogens is 390 g/mol. The van der Waals surface area contributed by atoms with Crippen LogP contribution in [0.5, 0.6) is 5.75 Å². The van der Waals surface area contributed by atoms with Crippen LogP contribution in [0.25, 0.3) is 0 Å². The van der Waals surface area contributed by atoms with Gasteiger partial charge in [0.05, 0.1) is 6.04 Å². The van der Waals surface area contributed by atoms with E-state index in [0.717, 1.165) is 24.0 Å². The Bertz CT molecular complexity index is 780. The summed E-state index contributed by atoms with van der Waals surface area (Å²) >= 11 is 0. The summed E-state index contributed by atoms with van der Waals surface area (Å²) in [4.78, 5) is 23.8. The van der Waals surface area contributed by atoms with Crippen LogP contribution in [0, 0.1) is 0 Å². The zero-order chi connectivity index (χ0) is 19.8. The molecule has 0 radical (unpaired) electrons. The minimum Gasteiger partial charge on any atom is -0.484 e. The fraction of sp³-hybridized carbons (Fsp3) is 0.364. The van der Waals surface area contributed by atoms with E-state index >= 15 is 0 Å². The lowest BCUT2D eigenvalue weighted by Crippen LogP contribution is -2.42. The molecule has 0 saturated heterocycles. The molecule has 0 unspecified atom stereocenters. The number of rotatable bonds is 10. The van der Waals surface area contributed by atoms with Gasteiger partial charge in [-0.15, -0.1) is 12.4 Å². The van der Waals surface area contributed by atoms with Crippen LogP contribution in [-0.2, 0) is 22.4 Å². The van der Waals surface area contributed by atoms with Crippen LogP contribution in [0.4, 0.5) is 0 Å². The number of carbonyl (C=O) groups excluding carboxylic acids is 2. The molecule has 3 rings (SSSR count). The summed E-state index contributed by atoms with van der Waals surface area (Å²) < 4.78 is 5.48. The molecule has 2 amide bonds. The van der Waals surface area contributed by atoms with E-state index in [-0.39, 0.29) is 30.8 Å². The number of halogens is 1. The average Bonchev–Trinajstić information content (AvgIpc) is 3.52. The summed E-state index contributed by atoms with van der Waals surface area (Å²) in [5.74, 6) is 0.426. The molecule has 1 aliphatic carbocycles. The second-order valence-corrected chi connectivity index (χ2v) is 7.11. The van der Waals surface area contributed by atoms with Crippen molar-refractivity contribution in [1.29, 1.82) is 0 Å². The highest BCUT2D eigenvalue weighted by atomic mass is 35.5. The number of ether oxygens (including phenoxy) is 1. The molecule has 1 fully saturated rings. The van der Waals surface area contributed by atoms with Crippen LogP contribution < -0.4 is 21.1 Å². The van der Waals surface area contributed by atoms with Crippen LogP contribution in [0.1, 0.15) is 24.0 Å². The highest BCUT2D eigenvalue weighted by Crippen LogP contribution is 2.18. The van der Waals surface area contributed by atoms with Crippen LogP contribution in [0.3, 0.4) is 0 Å². The molecule has 0 bridgehead atoms. The van der Waals surface area contributed by atoms with E-state index < -0.39 is 6.04 Å². The monoisotopic (exact) mass is 417 g/mol. The van der Waals surface area contributed by atoms with Crippen molar-refractivity contribution < 1.29 is 14.3 Å². The first-order valence-corrected chi connectivity index (χ1v) is 9.68. The predicted molar refractivity (Wildman–Crippen MR) is 115 cm³/mol. The average molecular weight is 418 g/mol. The number of hydrogen-bond acceptors (Lipinski definition) is 4. The first-order valence-electron chi connectivity index (χ1n) is 9.68. The maximum absolute atomic E-state index is 12.1. The summed E-state index contributed by atoms with van der Waals surface area (Å²) in [7, 11) is 0. The fourth-order valence-corrected chi connectivity index (χ4v) is 2.82. The van der Waals surface area contributed by atoms with E-state index in [1.165, 1.54) is 0 Å². The molecule has 6 nitrogen and oxygen atoms in total. The first-order chi connectivity index (χ1) is 13.6. The van der Waals surface area contributed by atoms with Gasteiger partial charge in [-0.05, 0) is 48.9 Å². The Morgan fingerprint density at radius 2 is 1.72 bits per heavy atom. The number of nitrogens with two attached hydrogens (primary N) is 1. The highest BCUT2D eigenvalue weighted by molar-refractivity contribution is 5.85. The SMILES string of the molecule is Cl.N[C@@H](Cc1ccccc1)C(=O)NCCc1ccc(OCC(=O)NC2CC2)cc1. The van der Waals surface area contributed by atoms with Crippen molar-refractivity contribution in [3.63, 3.8) is 0 Å². The molecule has 1 aliphatic rings. The molecule has 1 atom stereocenters. The van der Waals surface area contributed by atoms with Crippen molar-refractivity contribution in [2.24, 2.45) is 5.73 Å². The molecule has 29 heavy (non-hydrogen) atoms. The van der Waals surface area contributed by atoms with E-state index in [9.17, 15) is 9.59 Å². The van der Waals surface area contributed by atoms with Gasteiger partial charge >= 0.3 is 0 Å². The summed E-state index contributed by atoms with van der Waals surface area (Å²) in [5.41, 5.74) is 8.10. The molecule has 156 valence electrons. The largest absolute Gasteiger partial charge is 0.484 e. The predicted octanol–water partition coefficient (Wildman–Crippen LogP) is 1.99. The quantitative estimate of drug-likeness (QED) is 0.551. The Morgan fingerprint density at radius 3 is 2.38 bits per heavy atom. The Kier molecular flexibility index (Phi) is 8.96. The number of carbonyl (C=O) groups is 2. The minimum atomic E-state index is -0.556. The van der Waals surface area contributed by atoms with Gasteiger partial charge in [-0.3, -0.25) is 9.59 Å². The third-order valence-corrected chi connectivity index (χ3v) is 4.58. The standard InChI is InChI=1S/C22H27N3O3.ClH/c23-20(14-17-4-2-1-3-5-17)22(27)24-13-12-16-6-10-19(11-7-16)28-15-21(26)25-18-8-9-18;/h1-7,10-11,18,20H,8-9,12-15,23H2,(H,24,27)(H,25,26);1H/t20-;/m0./s1. The normalized spacial score (nSPS) is 13.7. The highest BCUT2D eigenvalue weighted by Gasteiger charge is 2.23. The number of nitrogens with one attached hydrogen (secondary N) is 2. The summed E-state index contributed by atoms with van der Waals surface area (Å²) in [6.45, 7) is 0.552.